The van der Waals surface area contributed by atoms with E-state index in [1.807, 2.05) is 36.4 Å². The van der Waals surface area contributed by atoms with Gasteiger partial charge in [0.05, 0.1) is 21.9 Å². The minimum absolute atomic E-state index is 0.491. The number of halogens is 3. The van der Waals surface area contributed by atoms with E-state index >= 15 is 0 Å². The Morgan fingerprint density at radius 3 is 2.50 bits per heavy atom. The highest BCUT2D eigenvalue weighted by atomic mass is 79.9. The van der Waals surface area contributed by atoms with E-state index in [1.165, 1.54) is 0 Å². The number of hydrazone groups is 1. The maximum Gasteiger partial charge on any atom is 0.0614 e. The van der Waals surface area contributed by atoms with Crippen LogP contribution in [0.1, 0.15) is 5.56 Å². The van der Waals surface area contributed by atoms with E-state index in [0.717, 1.165) is 15.7 Å². The summed E-state index contributed by atoms with van der Waals surface area (Å²) in [6.45, 7) is 0. The fourth-order valence-electron chi connectivity index (χ4n) is 1.48. The third-order valence-corrected chi connectivity index (χ3v) is 3.58. The average Bonchev–Trinajstić information content (AvgIpc) is 2.44. The second-order valence-corrected chi connectivity index (χ2v) is 5.67. The maximum atomic E-state index is 5.92. The standard InChI is InChI=1S/C15H11BrCl2N2/c16-12(8-11-4-2-1-3-5-11)10-19-20-13-6-7-14(17)15(18)9-13/h1-10,20H. The molecule has 102 valence electrons. The fourth-order valence-corrected chi connectivity index (χ4v) is 2.14. The third-order valence-electron chi connectivity index (χ3n) is 2.41. The first kappa shape index (κ1) is 15.1. The first-order valence-electron chi connectivity index (χ1n) is 5.81. The highest BCUT2D eigenvalue weighted by Crippen LogP contribution is 2.24. The highest BCUT2D eigenvalue weighted by molar-refractivity contribution is 9.12. The van der Waals surface area contributed by atoms with Gasteiger partial charge in [0.1, 0.15) is 0 Å². The molecule has 2 aromatic carbocycles. The summed E-state index contributed by atoms with van der Waals surface area (Å²) in [5, 5.41) is 5.13. The Morgan fingerprint density at radius 2 is 1.80 bits per heavy atom. The van der Waals surface area contributed by atoms with Crippen molar-refractivity contribution in [2.24, 2.45) is 5.10 Å². The lowest BCUT2D eigenvalue weighted by atomic mass is 10.2. The molecule has 0 radical (unpaired) electrons. The lowest BCUT2D eigenvalue weighted by Gasteiger charge is -2.01. The molecule has 0 aliphatic carbocycles. The van der Waals surface area contributed by atoms with Crippen LogP contribution in [0, 0.1) is 0 Å². The number of nitrogens with one attached hydrogen (secondary N) is 1. The minimum Gasteiger partial charge on any atom is -0.278 e. The lowest BCUT2D eigenvalue weighted by Crippen LogP contribution is -1.89. The Bertz CT molecular complexity index is 640. The molecule has 0 aromatic heterocycles. The number of benzene rings is 2. The Labute approximate surface area is 136 Å². The smallest absolute Gasteiger partial charge is 0.0614 e. The molecular formula is C15H11BrCl2N2. The molecule has 0 spiro atoms. The van der Waals surface area contributed by atoms with Gasteiger partial charge in [-0.3, -0.25) is 5.43 Å². The second-order valence-electron chi connectivity index (χ2n) is 3.94. The van der Waals surface area contributed by atoms with Crippen molar-refractivity contribution in [1.29, 1.82) is 0 Å². The summed E-state index contributed by atoms with van der Waals surface area (Å²) in [6.07, 6.45) is 3.65. The van der Waals surface area contributed by atoms with E-state index in [-0.39, 0.29) is 0 Å². The Hall–Kier alpha value is -1.29. The Balaban J connectivity index is 1.99. The van der Waals surface area contributed by atoms with Crippen LogP contribution in [0.2, 0.25) is 10.0 Å². The largest absolute Gasteiger partial charge is 0.278 e. The SMILES string of the molecule is Clc1ccc(NN=CC(Br)=Cc2ccccc2)cc1Cl. The molecule has 0 atom stereocenters. The van der Waals surface area contributed by atoms with Crippen LogP contribution in [0.4, 0.5) is 5.69 Å². The monoisotopic (exact) mass is 368 g/mol. The first-order chi connectivity index (χ1) is 9.65. The van der Waals surface area contributed by atoms with Gasteiger partial charge < -0.3 is 0 Å². The Morgan fingerprint density at radius 1 is 1.05 bits per heavy atom. The van der Waals surface area contributed by atoms with Crippen LogP contribution in [0.25, 0.3) is 6.08 Å². The van der Waals surface area contributed by atoms with Gasteiger partial charge in [0.15, 0.2) is 0 Å². The summed E-state index contributed by atoms with van der Waals surface area (Å²) in [5.74, 6) is 0. The molecule has 0 saturated heterocycles. The van der Waals surface area contributed by atoms with Gasteiger partial charge in [0.25, 0.3) is 0 Å². The normalized spacial score (nSPS) is 11.8. The summed E-state index contributed by atoms with van der Waals surface area (Å²) in [6, 6.07) is 15.2. The number of hydrogen-bond donors (Lipinski definition) is 1. The molecule has 0 fully saturated rings. The quantitative estimate of drug-likeness (QED) is 0.532. The molecule has 2 nitrogen and oxygen atoms in total. The predicted octanol–water partition coefficient (Wildman–Crippen LogP) is 5.83. The second kappa shape index (κ2) is 7.48. The van der Waals surface area contributed by atoms with Crippen LogP contribution >= 0.6 is 39.1 Å². The van der Waals surface area contributed by atoms with E-state index in [1.54, 1.807) is 24.4 Å². The van der Waals surface area contributed by atoms with Crippen LogP contribution in [-0.4, -0.2) is 6.21 Å². The zero-order valence-electron chi connectivity index (χ0n) is 10.4. The molecule has 0 heterocycles. The van der Waals surface area contributed by atoms with Crippen molar-refractivity contribution < 1.29 is 0 Å². The number of allylic oxidation sites excluding steroid dienone is 1. The molecule has 0 amide bonds. The topological polar surface area (TPSA) is 24.4 Å². The van der Waals surface area contributed by atoms with Gasteiger partial charge in [-0.15, -0.1) is 0 Å². The third kappa shape index (κ3) is 4.67. The van der Waals surface area contributed by atoms with Crippen molar-refractivity contribution in [2.45, 2.75) is 0 Å². The predicted molar refractivity (Wildman–Crippen MR) is 91.9 cm³/mol. The van der Waals surface area contributed by atoms with Crippen LogP contribution in [0.3, 0.4) is 0 Å². The molecule has 2 aromatic rings. The van der Waals surface area contributed by atoms with Crippen LogP contribution in [-0.2, 0) is 0 Å². The van der Waals surface area contributed by atoms with Crippen LogP contribution in [0.15, 0.2) is 58.1 Å². The van der Waals surface area contributed by atoms with E-state index in [9.17, 15) is 0 Å². The molecule has 0 aliphatic rings. The van der Waals surface area contributed by atoms with Gasteiger partial charge in [-0.2, -0.15) is 5.10 Å². The molecule has 0 saturated carbocycles. The number of rotatable bonds is 4. The van der Waals surface area contributed by atoms with E-state index in [2.05, 4.69) is 26.5 Å². The average molecular weight is 370 g/mol. The highest BCUT2D eigenvalue weighted by Gasteiger charge is 1.97. The Kier molecular flexibility index (Phi) is 5.65. The van der Waals surface area contributed by atoms with Crippen LogP contribution < -0.4 is 5.43 Å². The van der Waals surface area contributed by atoms with Crippen molar-refractivity contribution in [2.75, 3.05) is 5.43 Å². The molecule has 1 N–H and O–H groups in total. The van der Waals surface area contributed by atoms with Crippen molar-refractivity contribution in [3.63, 3.8) is 0 Å². The van der Waals surface area contributed by atoms with Gasteiger partial charge in [-0.05, 0) is 45.8 Å². The summed E-state index contributed by atoms with van der Waals surface area (Å²) in [4.78, 5) is 0. The number of nitrogens with zero attached hydrogens (tertiary/aromatic N) is 1. The molecule has 2 rings (SSSR count). The van der Waals surface area contributed by atoms with Gasteiger partial charge in [0, 0.05) is 4.48 Å². The van der Waals surface area contributed by atoms with Gasteiger partial charge in [-0.1, -0.05) is 53.5 Å². The summed E-state index contributed by atoms with van der Waals surface area (Å²) >= 11 is 15.2. The van der Waals surface area contributed by atoms with Crippen molar-refractivity contribution in [3.8, 4) is 0 Å². The minimum atomic E-state index is 0.491. The molecule has 0 bridgehead atoms. The first-order valence-corrected chi connectivity index (χ1v) is 7.36. The van der Waals surface area contributed by atoms with Gasteiger partial charge >= 0.3 is 0 Å². The summed E-state index contributed by atoms with van der Waals surface area (Å²) in [7, 11) is 0. The molecular weight excluding hydrogens is 359 g/mol. The fraction of sp³-hybridized carbons (Fsp3) is 0. The van der Waals surface area contributed by atoms with E-state index in [4.69, 9.17) is 23.2 Å². The zero-order valence-corrected chi connectivity index (χ0v) is 13.5. The molecule has 20 heavy (non-hydrogen) atoms. The maximum absolute atomic E-state index is 5.92. The molecule has 0 unspecified atom stereocenters. The lowest BCUT2D eigenvalue weighted by molar-refractivity contribution is 1.35. The van der Waals surface area contributed by atoms with Gasteiger partial charge in [-0.25, -0.2) is 0 Å². The summed E-state index contributed by atoms with van der Waals surface area (Å²) in [5.41, 5.74) is 4.76. The van der Waals surface area contributed by atoms with Crippen molar-refractivity contribution in [1.82, 2.24) is 0 Å². The number of anilines is 1. The summed E-state index contributed by atoms with van der Waals surface area (Å²) < 4.78 is 0.858. The zero-order chi connectivity index (χ0) is 14.4. The molecule has 0 aliphatic heterocycles. The van der Waals surface area contributed by atoms with E-state index in [0.29, 0.717) is 10.0 Å². The van der Waals surface area contributed by atoms with Crippen molar-refractivity contribution >= 4 is 57.1 Å². The molecule has 5 heteroatoms. The van der Waals surface area contributed by atoms with Gasteiger partial charge in [0.2, 0.25) is 0 Å². The number of hydrogen-bond acceptors (Lipinski definition) is 2. The van der Waals surface area contributed by atoms with Crippen molar-refractivity contribution in [3.05, 3.63) is 68.6 Å². The van der Waals surface area contributed by atoms with E-state index < -0.39 is 0 Å². The van der Waals surface area contributed by atoms with Crippen LogP contribution in [0.5, 0.6) is 0 Å².